The summed E-state index contributed by atoms with van der Waals surface area (Å²) < 4.78 is 0. The molecule has 0 aromatic heterocycles. The van der Waals surface area contributed by atoms with Crippen molar-refractivity contribution < 1.29 is 9.90 Å². The average Bonchev–Trinajstić information content (AvgIpc) is 2.82. The minimum absolute atomic E-state index is 0.595. The van der Waals surface area contributed by atoms with E-state index in [-0.39, 0.29) is 0 Å². The van der Waals surface area contributed by atoms with Gasteiger partial charge < -0.3 is 10.0 Å². The molecule has 3 rings (SSSR count). The highest BCUT2D eigenvalue weighted by molar-refractivity contribution is 5.65. The lowest BCUT2D eigenvalue weighted by atomic mass is 10.0. The van der Waals surface area contributed by atoms with Crippen molar-refractivity contribution in [2.75, 3.05) is 26.2 Å². The maximum Gasteiger partial charge on any atom is 0.407 e. The molecule has 120 valence electrons. The Labute approximate surface area is 137 Å². The lowest BCUT2D eigenvalue weighted by Gasteiger charge is -2.20. The molecule has 1 aliphatic heterocycles. The molecule has 0 radical (unpaired) electrons. The SMILES string of the molecule is O=C(O)N1CCCN(Cc2ccc(-c3ccccc3)cc2)CC1. The van der Waals surface area contributed by atoms with Crippen molar-refractivity contribution in [2.45, 2.75) is 13.0 Å². The number of benzene rings is 2. The van der Waals surface area contributed by atoms with Crippen molar-refractivity contribution in [1.29, 1.82) is 0 Å². The van der Waals surface area contributed by atoms with Gasteiger partial charge in [0.1, 0.15) is 0 Å². The summed E-state index contributed by atoms with van der Waals surface area (Å²) in [6.07, 6.45) is 0.0908. The summed E-state index contributed by atoms with van der Waals surface area (Å²) in [5.41, 5.74) is 3.72. The van der Waals surface area contributed by atoms with E-state index in [0.29, 0.717) is 13.1 Å². The largest absolute Gasteiger partial charge is 0.465 e. The quantitative estimate of drug-likeness (QED) is 0.943. The Bertz CT molecular complexity index is 640. The van der Waals surface area contributed by atoms with Crippen molar-refractivity contribution in [1.82, 2.24) is 9.80 Å². The zero-order valence-electron chi connectivity index (χ0n) is 13.2. The van der Waals surface area contributed by atoms with Crippen LogP contribution in [0.2, 0.25) is 0 Å². The summed E-state index contributed by atoms with van der Waals surface area (Å²) in [5, 5.41) is 9.09. The van der Waals surface area contributed by atoms with Crippen molar-refractivity contribution >= 4 is 6.09 Å². The van der Waals surface area contributed by atoms with Gasteiger partial charge in [0, 0.05) is 32.7 Å². The second-order valence-corrected chi connectivity index (χ2v) is 5.96. The Hall–Kier alpha value is -2.33. The lowest BCUT2D eigenvalue weighted by Crippen LogP contribution is -2.33. The molecule has 1 N–H and O–H groups in total. The molecule has 1 saturated heterocycles. The zero-order chi connectivity index (χ0) is 16.1. The summed E-state index contributed by atoms with van der Waals surface area (Å²) >= 11 is 0. The van der Waals surface area contributed by atoms with E-state index in [2.05, 4.69) is 53.4 Å². The summed E-state index contributed by atoms with van der Waals surface area (Å²) in [5.74, 6) is 0. The van der Waals surface area contributed by atoms with Gasteiger partial charge in [-0.3, -0.25) is 4.90 Å². The van der Waals surface area contributed by atoms with Gasteiger partial charge >= 0.3 is 6.09 Å². The van der Waals surface area contributed by atoms with E-state index >= 15 is 0 Å². The summed E-state index contributed by atoms with van der Waals surface area (Å²) in [6.45, 7) is 3.86. The normalized spacial score (nSPS) is 16.1. The standard InChI is InChI=1S/C19H22N2O2/c22-19(23)21-12-4-11-20(13-14-21)15-16-7-9-18(10-8-16)17-5-2-1-3-6-17/h1-3,5-10H,4,11-15H2,(H,22,23). The van der Waals surface area contributed by atoms with Gasteiger partial charge in [0.05, 0.1) is 0 Å². The third-order valence-electron chi connectivity index (χ3n) is 4.33. The predicted octanol–water partition coefficient (Wildman–Crippen LogP) is 3.54. The maximum absolute atomic E-state index is 11.1. The number of carboxylic acid groups (broad SMARTS) is 1. The summed E-state index contributed by atoms with van der Waals surface area (Å²) in [4.78, 5) is 14.9. The van der Waals surface area contributed by atoms with Crippen LogP contribution >= 0.6 is 0 Å². The number of carbonyl (C=O) groups is 1. The van der Waals surface area contributed by atoms with E-state index in [1.165, 1.54) is 21.6 Å². The second kappa shape index (κ2) is 7.29. The highest BCUT2D eigenvalue weighted by Crippen LogP contribution is 2.20. The van der Waals surface area contributed by atoms with Crippen LogP contribution in [-0.4, -0.2) is 47.2 Å². The minimum Gasteiger partial charge on any atom is -0.465 e. The van der Waals surface area contributed by atoms with Gasteiger partial charge in [-0.2, -0.15) is 0 Å². The van der Waals surface area contributed by atoms with Crippen LogP contribution < -0.4 is 0 Å². The molecule has 1 heterocycles. The molecule has 1 fully saturated rings. The Morgan fingerprint density at radius 3 is 2.26 bits per heavy atom. The van der Waals surface area contributed by atoms with Gasteiger partial charge in [0.25, 0.3) is 0 Å². The van der Waals surface area contributed by atoms with E-state index in [4.69, 9.17) is 5.11 Å². The molecule has 0 aliphatic carbocycles. The lowest BCUT2D eigenvalue weighted by molar-refractivity contribution is 0.146. The fourth-order valence-electron chi connectivity index (χ4n) is 3.01. The van der Waals surface area contributed by atoms with Gasteiger partial charge in [-0.15, -0.1) is 0 Å². The first-order valence-corrected chi connectivity index (χ1v) is 8.07. The summed E-state index contributed by atoms with van der Waals surface area (Å²) in [7, 11) is 0. The molecular weight excluding hydrogens is 288 g/mol. The van der Waals surface area contributed by atoms with E-state index < -0.39 is 6.09 Å². The number of amides is 1. The van der Waals surface area contributed by atoms with Gasteiger partial charge in [-0.1, -0.05) is 54.6 Å². The van der Waals surface area contributed by atoms with Gasteiger partial charge in [-0.05, 0) is 23.1 Å². The van der Waals surface area contributed by atoms with Crippen LogP contribution in [0.25, 0.3) is 11.1 Å². The van der Waals surface area contributed by atoms with Crippen LogP contribution in [-0.2, 0) is 6.54 Å². The van der Waals surface area contributed by atoms with E-state index in [9.17, 15) is 4.79 Å². The number of nitrogens with zero attached hydrogens (tertiary/aromatic N) is 2. The Kier molecular flexibility index (Phi) is 4.93. The topological polar surface area (TPSA) is 43.8 Å². The maximum atomic E-state index is 11.1. The Balaban J connectivity index is 1.61. The molecule has 0 unspecified atom stereocenters. The predicted molar refractivity (Wildman–Crippen MR) is 91.4 cm³/mol. The van der Waals surface area contributed by atoms with Crippen LogP contribution in [0.15, 0.2) is 54.6 Å². The van der Waals surface area contributed by atoms with Crippen LogP contribution in [0.5, 0.6) is 0 Å². The Morgan fingerprint density at radius 2 is 1.57 bits per heavy atom. The van der Waals surface area contributed by atoms with E-state index in [0.717, 1.165) is 26.1 Å². The highest BCUT2D eigenvalue weighted by Gasteiger charge is 2.18. The van der Waals surface area contributed by atoms with Crippen LogP contribution in [0, 0.1) is 0 Å². The first-order valence-electron chi connectivity index (χ1n) is 8.07. The number of hydrogen-bond acceptors (Lipinski definition) is 2. The Morgan fingerprint density at radius 1 is 0.870 bits per heavy atom. The van der Waals surface area contributed by atoms with Crippen molar-refractivity contribution in [3.05, 3.63) is 60.2 Å². The average molecular weight is 310 g/mol. The first kappa shape index (κ1) is 15.6. The van der Waals surface area contributed by atoms with E-state index in [1.807, 2.05) is 6.07 Å². The molecule has 0 bridgehead atoms. The van der Waals surface area contributed by atoms with Gasteiger partial charge in [0.15, 0.2) is 0 Å². The number of hydrogen-bond donors (Lipinski definition) is 1. The molecule has 0 saturated carbocycles. The molecule has 2 aromatic rings. The molecule has 1 amide bonds. The van der Waals surface area contributed by atoms with Crippen molar-refractivity contribution in [2.24, 2.45) is 0 Å². The smallest absolute Gasteiger partial charge is 0.407 e. The van der Waals surface area contributed by atoms with Crippen LogP contribution in [0.3, 0.4) is 0 Å². The zero-order valence-corrected chi connectivity index (χ0v) is 13.2. The van der Waals surface area contributed by atoms with Gasteiger partial charge in [0.2, 0.25) is 0 Å². The third kappa shape index (κ3) is 4.11. The molecule has 4 nitrogen and oxygen atoms in total. The van der Waals surface area contributed by atoms with Crippen LogP contribution in [0.4, 0.5) is 4.79 Å². The first-order chi connectivity index (χ1) is 11.2. The highest BCUT2D eigenvalue weighted by atomic mass is 16.4. The second-order valence-electron chi connectivity index (χ2n) is 5.96. The number of rotatable bonds is 3. The van der Waals surface area contributed by atoms with Crippen molar-refractivity contribution in [3.8, 4) is 11.1 Å². The molecule has 4 heteroatoms. The monoisotopic (exact) mass is 310 g/mol. The van der Waals surface area contributed by atoms with Crippen molar-refractivity contribution in [3.63, 3.8) is 0 Å². The van der Waals surface area contributed by atoms with Crippen LogP contribution in [0.1, 0.15) is 12.0 Å². The van der Waals surface area contributed by atoms with Gasteiger partial charge in [-0.25, -0.2) is 4.79 Å². The molecule has 2 aromatic carbocycles. The molecule has 23 heavy (non-hydrogen) atoms. The summed E-state index contributed by atoms with van der Waals surface area (Å²) in [6, 6.07) is 19.0. The molecule has 0 atom stereocenters. The fraction of sp³-hybridized carbons (Fsp3) is 0.316. The van der Waals surface area contributed by atoms with E-state index in [1.54, 1.807) is 0 Å². The minimum atomic E-state index is -0.806. The molecular formula is C19H22N2O2. The molecule has 1 aliphatic rings. The molecule has 0 spiro atoms. The third-order valence-corrected chi connectivity index (χ3v) is 4.33. The fourth-order valence-corrected chi connectivity index (χ4v) is 3.01.